The number of likely N-dealkylation sites (N-methyl/N-ethyl adjacent to an activating group) is 1. The molecule has 4 N–H and O–H groups in total. The molecule has 0 fully saturated rings. The molecule has 0 spiro atoms. The van der Waals surface area contributed by atoms with E-state index in [0.29, 0.717) is 16.5 Å². The summed E-state index contributed by atoms with van der Waals surface area (Å²) in [5, 5.41) is 5.58. The molecule has 1 heterocycles. The average Bonchev–Trinajstić information content (AvgIpc) is 2.52. The molecule has 2 rings (SSSR count). The van der Waals surface area contributed by atoms with Gasteiger partial charge in [-0.1, -0.05) is 18.2 Å². The number of hydrogen-bond acceptors (Lipinski definition) is 4. The Morgan fingerprint density at radius 1 is 1.23 bits per heavy atom. The number of nitrogens with one attached hydrogen (secondary N) is 2. The summed E-state index contributed by atoms with van der Waals surface area (Å²) in [7, 11) is 1.42. The van der Waals surface area contributed by atoms with Crippen molar-refractivity contribution in [2.24, 2.45) is 5.73 Å². The van der Waals surface area contributed by atoms with Crippen LogP contribution in [0, 0.1) is 0 Å². The largest absolute Gasteiger partial charge is 0.370 e. The Morgan fingerprint density at radius 2 is 1.95 bits per heavy atom. The van der Waals surface area contributed by atoms with E-state index < -0.39 is 23.8 Å². The minimum absolute atomic E-state index is 0.269. The van der Waals surface area contributed by atoms with Crippen molar-refractivity contribution in [2.45, 2.75) is 12.5 Å². The smallest absolute Gasteiger partial charge is 0.252 e. The molecule has 3 amide bonds. The van der Waals surface area contributed by atoms with Crippen LogP contribution in [0.2, 0.25) is 0 Å². The predicted octanol–water partition coefficient (Wildman–Crippen LogP) is -0.0454. The lowest BCUT2D eigenvalue weighted by Gasteiger charge is -2.16. The molecule has 1 aromatic carbocycles. The van der Waals surface area contributed by atoms with Gasteiger partial charge in [0.2, 0.25) is 11.8 Å². The van der Waals surface area contributed by atoms with E-state index >= 15 is 0 Å². The van der Waals surface area contributed by atoms with Gasteiger partial charge >= 0.3 is 0 Å². The second-order valence-corrected chi connectivity index (χ2v) is 4.69. The number of aromatic nitrogens is 1. The first-order chi connectivity index (χ1) is 10.5. The molecule has 0 aliphatic heterocycles. The normalized spacial score (nSPS) is 11.7. The molecule has 22 heavy (non-hydrogen) atoms. The van der Waals surface area contributed by atoms with Crippen molar-refractivity contribution in [3.8, 4) is 0 Å². The van der Waals surface area contributed by atoms with Crippen molar-refractivity contribution in [1.29, 1.82) is 0 Å². The maximum Gasteiger partial charge on any atom is 0.252 e. The first kappa shape index (κ1) is 15.4. The predicted molar refractivity (Wildman–Crippen MR) is 80.9 cm³/mol. The third-order valence-electron chi connectivity index (χ3n) is 3.17. The molecule has 0 saturated heterocycles. The average molecular weight is 300 g/mol. The minimum Gasteiger partial charge on any atom is -0.370 e. The zero-order chi connectivity index (χ0) is 16.1. The van der Waals surface area contributed by atoms with Crippen molar-refractivity contribution in [3.05, 3.63) is 42.1 Å². The van der Waals surface area contributed by atoms with Gasteiger partial charge in [-0.05, 0) is 12.1 Å². The lowest BCUT2D eigenvalue weighted by molar-refractivity contribution is -0.126. The number of rotatable bonds is 5. The molecule has 0 bridgehead atoms. The molecule has 0 unspecified atom stereocenters. The zero-order valence-electron chi connectivity index (χ0n) is 12.0. The van der Waals surface area contributed by atoms with Gasteiger partial charge in [-0.3, -0.25) is 19.4 Å². The van der Waals surface area contributed by atoms with Gasteiger partial charge in [-0.15, -0.1) is 0 Å². The van der Waals surface area contributed by atoms with E-state index in [-0.39, 0.29) is 6.42 Å². The maximum atomic E-state index is 12.4. The van der Waals surface area contributed by atoms with E-state index in [9.17, 15) is 14.4 Å². The van der Waals surface area contributed by atoms with Crippen LogP contribution in [0.4, 0.5) is 0 Å². The Hall–Kier alpha value is -2.96. The summed E-state index contributed by atoms with van der Waals surface area (Å²) < 4.78 is 0. The third kappa shape index (κ3) is 3.38. The van der Waals surface area contributed by atoms with Crippen molar-refractivity contribution < 1.29 is 14.4 Å². The van der Waals surface area contributed by atoms with Crippen LogP contribution in [0.5, 0.6) is 0 Å². The fourth-order valence-corrected chi connectivity index (χ4v) is 2.11. The highest BCUT2D eigenvalue weighted by atomic mass is 16.2. The maximum absolute atomic E-state index is 12.4. The molecule has 2 aromatic rings. The van der Waals surface area contributed by atoms with Crippen LogP contribution in [0.1, 0.15) is 16.8 Å². The molecule has 7 nitrogen and oxygen atoms in total. The van der Waals surface area contributed by atoms with Crippen LogP contribution >= 0.6 is 0 Å². The number of nitrogens with zero attached hydrogens (tertiary/aromatic N) is 1. The summed E-state index contributed by atoms with van der Waals surface area (Å²) in [6, 6.07) is 7.70. The molecule has 0 radical (unpaired) electrons. The number of primary amides is 1. The highest BCUT2D eigenvalue weighted by Crippen LogP contribution is 2.16. The fraction of sp³-hybridized carbons (Fsp3) is 0.200. The Kier molecular flexibility index (Phi) is 4.67. The van der Waals surface area contributed by atoms with Gasteiger partial charge in [-0.25, -0.2) is 0 Å². The number of carbonyl (C=O) groups excluding carboxylic acids is 3. The lowest BCUT2D eigenvalue weighted by atomic mass is 10.1. The molecular weight excluding hydrogens is 284 g/mol. The molecule has 0 aliphatic rings. The van der Waals surface area contributed by atoms with Gasteiger partial charge in [-0.2, -0.15) is 0 Å². The standard InChI is InChI=1S/C15H16N4O3/c1-17-15(22)12(8-13(16)20)19-14(21)10-6-7-18-11-5-3-2-4-9(10)11/h2-7,12H,8H2,1H3,(H2,16,20)(H,17,22)(H,19,21)/t12-/m0/s1. The van der Waals surface area contributed by atoms with E-state index in [4.69, 9.17) is 5.73 Å². The number of para-hydroxylation sites is 1. The summed E-state index contributed by atoms with van der Waals surface area (Å²) in [5.74, 6) is -1.62. The number of hydrogen-bond donors (Lipinski definition) is 3. The molecule has 1 aromatic heterocycles. The zero-order valence-corrected chi connectivity index (χ0v) is 12.0. The summed E-state index contributed by atoms with van der Waals surface area (Å²) in [6.45, 7) is 0. The van der Waals surface area contributed by atoms with Crippen LogP contribution in [0.15, 0.2) is 36.5 Å². The van der Waals surface area contributed by atoms with E-state index in [1.807, 2.05) is 6.07 Å². The van der Waals surface area contributed by atoms with Gasteiger partial charge in [0.25, 0.3) is 5.91 Å². The second kappa shape index (κ2) is 6.66. The number of pyridine rings is 1. The number of carbonyl (C=O) groups is 3. The summed E-state index contributed by atoms with van der Waals surface area (Å²) >= 11 is 0. The Balaban J connectivity index is 2.29. The van der Waals surface area contributed by atoms with Crippen molar-refractivity contribution in [2.75, 3.05) is 7.05 Å². The molecule has 114 valence electrons. The molecule has 1 atom stereocenters. The highest BCUT2D eigenvalue weighted by molar-refractivity contribution is 6.07. The van der Waals surface area contributed by atoms with Gasteiger partial charge in [0.1, 0.15) is 6.04 Å². The van der Waals surface area contributed by atoms with Gasteiger partial charge < -0.3 is 16.4 Å². The molecular formula is C15H16N4O3. The van der Waals surface area contributed by atoms with Crippen LogP contribution in [0.25, 0.3) is 10.9 Å². The van der Waals surface area contributed by atoms with Crippen LogP contribution in [-0.2, 0) is 9.59 Å². The first-order valence-electron chi connectivity index (χ1n) is 6.67. The van der Waals surface area contributed by atoms with Crippen molar-refractivity contribution in [3.63, 3.8) is 0 Å². The Morgan fingerprint density at radius 3 is 2.64 bits per heavy atom. The van der Waals surface area contributed by atoms with E-state index in [2.05, 4.69) is 15.6 Å². The SMILES string of the molecule is CNC(=O)[C@H](CC(N)=O)NC(=O)c1ccnc2ccccc12. The quantitative estimate of drug-likeness (QED) is 0.718. The summed E-state index contributed by atoms with van der Waals surface area (Å²) in [4.78, 5) is 39.3. The highest BCUT2D eigenvalue weighted by Gasteiger charge is 2.23. The Labute approximate surface area is 126 Å². The molecule has 7 heteroatoms. The van der Waals surface area contributed by atoms with Crippen molar-refractivity contribution >= 4 is 28.6 Å². The van der Waals surface area contributed by atoms with Crippen molar-refractivity contribution in [1.82, 2.24) is 15.6 Å². The number of benzene rings is 1. The van der Waals surface area contributed by atoms with E-state index in [1.165, 1.54) is 13.2 Å². The fourth-order valence-electron chi connectivity index (χ4n) is 2.11. The lowest BCUT2D eigenvalue weighted by Crippen LogP contribution is -2.47. The topological polar surface area (TPSA) is 114 Å². The monoisotopic (exact) mass is 300 g/mol. The second-order valence-electron chi connectivity index (χ2n) is 4.69. The number of fused-ring (bicyclic) bond motifs is 1. The van der Waals surface area contributed by atoms with Gasteiger partial charge in [0.05, 0.1) is 17.5 Å². The number of nitrogens with two attached hydrogens (primary N) is 1. The van der Waals surface area contributed by atoms with Crippen LogP contribution < -0.4 is 16.4 Å². The summed E-state index contributed by atoms with van der Waals surface area (Å²) in [5.41, 5.74) is 6.16. The first-order valence-corrected chi connectivity index (χ1v) is 6.67. The Bertz CT molecular complexity index is 724. The van der Waals surface area contributed by atoms with Crippen LogP contribution in [-0.4, -0.2) is 35.8 Å². The van der Waals surface area contributed by atoms with E-state index in [1.54, 1.807) is 24.3 Å². The third-order valence-corrected chi connectivity index (χ3v) is 3.17. The van der Waals surface area contributed by atoms with E-state index in [0.717, 1.165) is 0 Å². The molecule has 0 saturated carbocycles. The van der Waals surface area contributed by atoms with Gasteiger partial charge in [0.15, 0.2) is 0 Å². The molecule has 0 aliphatic carbocycles. The van der Waals surface area contributed by atoms with Gasteiger partial charge in [0, 0.05) is 18.6 Å². The summed E-state index contributed by atoms with van der Waals surface area (Å²) in [6.07, 6.45) is 1.24. The minimum atomic E-state index is -1.01. The number of amides is 3. The van der Waals surface area contributed by atoms with Crippen LogP contribution in [0.3, 0.4) is 0 Å².